The van der Waals surface area contributed by atoms with Gasteiger partial charge in [-0.1, -0.05) is 0 Å². The van der Waals surface area contributed by atoms with Crippen molar-refractivity contribution < 1.29 is 14.6 Å². The zero-order valence-corrected chi connectivity index (χ0v) is 13.0. The summed E-state index contributed by atoms with van der Waals surface area (Å²) in [6.45, 7) is 6.65. The molecule has 2 heterocycles. The summed E-state index contributed by atoms with van der Waals surface area (Å²) < 4.78 is 5.35. The van der Waals surface area contributed by atoms with Crippen molar-refractivity contribution in [1.29, 1.82) is 0 Å². The van der Waals surface area contributed by atoms with Gasteiger partial charge in [0.25, 0.3) is 0 Å². The minimum atomic E-state index is -0.757. The van der Waals surface area contributed by atoms with Crippen LogP contribution in [0.5, 0.6) is 0 Å². The van der Waals surface area contributed by atoms with E-state index >= 15 is 0 Å². The van der Waals surface area contributed by atoms with E-state index in [0.29, 0.717) is 6.42 Å². The normalized spacial score (nSPS) is 23.8. The van der Waals surface area contributed by atoms with E-state index in [1.54, 1.807) is 11.3 Å². The molecule has 2 N–H and O–H groups in total. The summed E-state index contributed by atoms with van der Waals surface area (Å²) in [7, 11) is 0. The number of aryl methyl sites for hydroxylation is 1. The lowest BCUT2D eigenvalue weighted by Crippen LogP contribution is -2.42. The Hall–Kier alpha value is -1.18. The fourth-order valence-electron chi connectivity index (χ4n) is 2.96. The van der Waals surface area contributed by atoms with Crippen molar-refractivity contribution >= 4 is 22.4 Å². The van der Waals surface area contributed by atoms with E-state index in [4.69, 9.17) is 4.74 Å². The third-order valence-electron chi connectivity index (χ3n) is 4.02. The number of anilines is 1. The Morgan fingerprint density at radius 1 is 1.57 bits per heavy atom. The van der Waals surface area contributed by atoms with Crippen molar-refractivity contribution in [2.45, 2.75) is 31.7 Å². The van der Waals surface area contributed by atoms with Gasteiger partial charge >= 0.3 is 5.97 Å². The molecule has 2 aliphatic rings. The van der Waals surface area contributed by atoms with Gasteiger partial charge in [-0.15, -0.1) is 11.3 Å². The second-order valence-corrected chi connectivity index (χ2v) is 6.80. The third-order valence-corrected chi connectivity index (χ3v) is 5.08. The number of carboxylic acid groups (broad SMARTS) is 1. The summed E-state index contributed by atoms with van der Waals surface area (Å²) in [4.78, 5) is 19.2. The summed E-state index contributed by atoms with van der Waals surface area (Å²) in [5, 5.41) is 13.5. The van der Waals surface area contributed by atoms with E-state index in [1.165, 1.54) is 0 Å². The third kappa shape index (κ3) is 3.36. The van der Waals surface area contributed by atoms with Crippen LogP contribution in [0.15, 0.2) is 0 Å². The highest BCUT2D eigenvalue weighted by Crippen LogP contribution is 2.38. The van der Waals surface area contributed by atoms with Crippen molar-refractivity contribution in [2.24, 2.45) is 0 Å². The highest BCUT2D eigenvalue weighted by atomic mass is 32.1. The van der Waals surface area contributed by atoms with Crippen molar-refractivity contribution in [2.75, 3.05) is 38.2 Å². The number of aromatic nitrogens is 1. The predicted octanol–water partition coefficient (Wildman–Crippen LogP) is 1.39. The van der Waals surface area contributed by atoms with Gasteiger partial charge in [-0.3, -0.25) is 9.69 Å². The van der Waals surface area contributed by atoms with E-state index in [9.17, 15) is 9.90 Å². The number of aliphatic carboxylic acids is 1. The van der Waals surface area contributed by atoms with Crippen LogP contribution in [0.25, 0.3) is 0 Å². The zero-order chi connectivity index (χ0) is 14.8. The largest absolute Gasteiger partial charge is 0.481 e. The molecule has 2 atom stereocenters. The maximum atomic E-state index is 11.2. The number of thiazole rings is 1. The first kappa shape index (κ1) is 14.7. The summed E-state index contributed by atoms with van der Waals surface area (Å²) in [6.07, 6.45) is 1.52. The molecule has 21 heavy (non-hydrogen) atoms. The Morgan fingerprint density at radius 2 is 2.33 bits per heavy atom. The lowest BCUT2D eigenvalue weighted by molar-refractivity contribution is -0.138. The number of carbonyl (C=O) groups is 1. The lowest BCUT2D eigenvalue weighted by atomic mass is 10.1. The molecule has 1 saturated heterocycles. The lowest BCUT2D eigenvalue weighted by Gasteiger charge is -2.29. The van der Waals surface area contributed by atoms with Gasteiger partial charge in [0.2, 0.25) is 0 Å². The van der Waals surface area contributed by atoms with Crippen molar-refractivity contribution in [1.82, 2.24) is 9.88 Å². The highest BCUT2D eigenvalue weighted by Gasteiger charge is 2.32. The molecular formula is C14H21N3O3S. The molecule has 0 radical (unpaired) electrons. The Labute approximate surface area is 128 Å². The molecule has 2 unspecified atom stereocenters. The topological polar surface area (TPSA) is 74.7 Å². The SMILES string of the molecule is CC(CN1CCOCC1)Nc1nc2c(s1)CCC2C(=O)O. The summed E-state index contributed by atoms with van der Waals surface area (Å²) in [5.74, 6) is -1.17. The molecule has 116 valence electrons. The second-order valence-electron chi connectivity index (χ2n) is 5.72. The van der Waals surface area contributed by atoms with E-state index in [1.807, 2.05) is 0 Å². The zero-order valence-electron chi connectivity index (χ0n) is 12.2. The number of hydrogen-bond acceptors (Lipinski definition) is 6. The van der Waals surface area contributed by atoms with Crippen molar-refractivity contribution in [3.63, 3.8) is 0 Å². The first-order valence-corrected chi connectivity index (χ1v) is 8.24. The Kier molecular flexibility index (Phi) is 4.42. The first-order chi connectivity index (χ1) is 10.1. The minimum absolute atomic E-state index is 0.289. The quantitative estimate of drug-likeness (QED) is 0.856. The van der Waals surface area contributed by atoms with Crippen molar-refractivity contribution in [3.8, 4) is 0 Å². The number of ether oxygens (including phenoxy) is 1. The van der Waals surface area contributed by atoms with Gasteiger partial charge in [0, 0.05) is 30.6 Å². The molecule has 1 aromatic rings. The van der Waals surface area contributed by atoms with Crippen LogP contribution >= 0.6 is 11.3 Å². The standard InChI is InChI=1S/C14H21N3O3S/c1-9(8-17-4-6-20-7-5-17)15-14-16-12-10(13(18)19)2-3-11(12)21-14/h9-10H,2-8H2,1H3,(H,15,16)(H,18,19). The molecule has 7 heteroatoms. The molecule has 1 aromatic heterocycles. The van der Waals surface area contributed by atoms with Crippen LogP contribution in [-0.4, -0.2) is 59.8 Å². The fraction of sp³-hybridized carbons (Fsp3) is 0.714. The second kappa shape index (κ2) is 6.29. The number of carboxylic acids is 1. The highest BCUT2D eigenvalue weighted by molar-refractivity contribution is 7.15. The van der Waals surface area contributed by atoms with Crippen LogP contribution in [-0.2, 0) is 16.0 Å². The molecule has 1 fully saturated rings. The van der Waals surface area contributed by atoms with Gasteiger partial charge in [0.05, 0.1) is 18.9 Å². The molecule has 0 aromatic carbocycles. The molecule has 6 nitrogen and oxygen atoms in total. The van der Waals surface area contributed by atoms with E-state index < -0.39 is 11.9 Å². The monoisotopic (exact) mass is 311 g/mol. The van der Waals surface area contributed by atoms with Gasteiger partial charge in [-0.25, -0.2) is 4.98 Å². The molecule has 1 aliphatic heterocycles. The molecule has 0 bridgehead atoms. The van der Waals surface area contributed by atoms with Gasteiger partial charge in [0.15, 0.2) is 5.13 Å². The smallest absolute Gasteiger partial charge is 0.312 e. The Bertz CT molecular complexity index is 514. The number of nitrogens with one attached hydrogen (secondary N) is 1. The molecule has 1 aliphatic carbocycles. The fourth-order valence-corrected chi connectivity index (χ4v) is 4.11. The van der Waals surface area contributed by atoms with Gasteiger partial charge in [-0.05, 0) is 19.8 Å². The number of hydrogen-bond donors (Lipinski definition) is 2. The van der Waals surface area contributed by atoms with E-state index in [0.717, 1.165) is 55.0 Å². The van der Waals surface area contributed by atoms with Crippen LogP contribution in [0, 0.1) is 0 Å². The maximum Gasteiger partial charge on any atom is 0.312 e. The number of nitrogens with zero attached hydrogens (tertiary/aromatic N) is 2. The first-order valence-electron chi connectivity index (χ1n) is 7.42. The minimum Gasteiger partial charge on any atom is -0.481 e. The van der Waals surface area contributed by atoms with Crippen LogP contribution in [0.3, 0.4) is 0 Å². The molecular weight excluding hydrogens is 290 g/mol. The predicted molar refractivity (Wildman–Crippen MR) is 81.2 cm³/mol. The maximum absolute atomic E-state index is 11.2. The molecule has 0 saturated carbocycles. The van der Waals surface area contributed by atoms with Crippen LogP contribution in [0.1, 0.15) is 29.8 Å². The van der Waals surface area contributed by atoms with Gasteiger partial charge in [0.1, 0.15) is 5.92 Å². The van der Waals surface area contributed by atoms with E-state index in [2.05, 4.69) is 22.1 Å². The average molecular weight is 311 g/mol. The number of fused-ring (bicyclic) bond motifs is 1. The average Bonchev–Trinajstić information content (AvgIpc) is 2.98. The van der Waals surface area contributed by atoms with Crippen LogP contribution in [0.2, 0.25) is 0 Å². The number of rotatable bonds is 5. The van der Waals surface area contributed by atoms with Crippen LogP contribution < -0.4 is 5.32 Å². The molecule has 3 rings (SSSR count). The summed E-state index contributed by atoms with van der Waals surface area (Å²) >= 11 is 1.60. The summed E-state index contributed by atoms with van der Waals surface area (Å²) in [5.41, 5.74) is 0.772. The Morgan fingerprint density at radius 3 is 3.05 bits per heavy atom. The van der Waals surface area contributed by atoms with Gasteiger partial charge < -0.3 is 15.2 Å². The van der Waals surface area contributed by atoms with Crippen LogP contribution in [0.4, 0.5) is 5.13 Å². The Balaban J connectivity index is 1.58. The van der Waals surface area contributed by atoms with E-state index in [-0.39, 0.29) is 6.04 Å². The number of morpholine rings is 1. The molecule has 0 amide bonds. The molecule has 0 spiro atoms. The summed E-state index contributed by atoms with van der Waals surface area (Å²) in [6, 6.07) is 0.289. The van der Waals surface area contributed by atoms with Crippen molar-refractivity contribution in [3.05, 3.63) is 10.6 Å². The van der Waals surface area contributed by atoms with Gasteiger partial charge in [-0.2, -0.15) is 0 Å².